The van der Waals surface area contributed by atoms with E-state index in [2.05, 4.69) is 25.2 Å². The Labute approximate surface area is 126 Å². The summed E-state index contributed by atoms with van der Waals surface area (Å²) in [7, 11) is 0. The monoisotopic (exact) mass is 299 g/mol. The summed E-state index contributed by atoms with van der Waals surface area (Å²) >= 11 is 12.0. The van der Waals surface area contributed by atoms with Gasteiger partial charge >= 0.3 is 0 Å². The molecule has 0 radical (unpaired) electrons. The average Bonchev–Trinajstić information content (AvgIpc) is 2.42. The highest BCUT2D eigenvalue weighted by Crippen LogP contribution is 2.29. The van der Waals surface area contributed by atoms with Crippen LogP contribution < -0.4 is 5.32 Å². The molecule has 2 rings (SSSR count). The van der Waals surface area contributed by atoms with Crippen LogP contribution in [0.5, 0.6) is 0 Å². The molecule has 1 aliphatic rings. The van der Waals surface area contributed by atoms with E-state index in [4.69, 9.17) is 23.2 Å². The molecule has 0 aliphatic heterocycles. The Bertz CT molecular complexity index is 411. The fourth-order valence-electron chi connectivity index (χ4n) is 2.97. The number of rotatable bonds is 4. The molecular formula is C16H23Cl2N. The number of nitrogens with one attached hydrogen (secondary N) is 1. The van der Waals surface area contributed by atoms with Crippen LogP contribution in [0.2, 0.25) is 10.0 Å². The summed E-state index contributed by atoms with van der Waals surface area (Å²) in [4.78, 5) is 0. The Morgan fingerprint density at radius 3 is 2.42 bits per heavy atom. The molecule has 1 fully saturated rings. The zero-order valence-corrected chi connectivity index (χ0v) is 13.3. The highest BCUT2D eigenvalue weighted by Gasteiger charge is 2.21. The third kappa shape index (κ3) is 4.11. The number of hydrogen-bond donors (Lipinski definition) is 1. The van der Waals surface area contributed by atoms with E-state index >= 15 is 0 Å². The molecule has 3 heteroatoms. The quantitative estimate of drug-likeness (QED) is 0.761. The van der Waals surface area contributed by atoms with Crippen molar-refractivity contribution in [3.8, 4) is 0 Å². The molecule has 0 aromatic heterocycles. The predicted molar refractivity (Wildman–Crippen MR) is 84.0 cm³/mol. The molecule has 0 saturated heterocycles. The van der Waals surface area contributed by atoms with Gasteiger partial charge in [-0.2, -0.15) is 0 Å². The predicted octanol–water partition coefficient (Wildman–Crippen LogP) is 5.61. The van der Waals surface area contributed by atoms with Crippen molar-refractivity contribution in [3.63, 3.8) is 0 Å². The molecule has 1 unspecified atom stereocenters. The molecule has 0 spiro atoms. The maximum atomic E-state index is 6.08. The van der Waals surface area contributed by atoms with E-state index in [0.717, 1.165) is 5.92 Å². The standard InChI is InChI=1S/C16H23Cl2N/c1-3-12-4-7-14(8-5-12)19-11(2)13-6-9-15(17)16(18)10-13/h6,9-12,14,19H,3-5,7-8H2,1-2H3. The second kappa shape index (κ2) is 6.97. The summed E-state index contributed by atoms with van der Waals surface area (Å²) in [6.07, 6.45) is 6.65. The van der Waals surface area contributed by atoms with Gasteiger partial charge in [0.15, 0.2) is 0 Å². The molecule has 0 heterocycles. The molecule has 1 atom stereocenters. The zero-order valence-electron chi connectivity index (χ0n) is 11.8. The van der Waals surface area contributed by atoms with Gasteiger partial charge in [-0.25, -0.2) is 0 Å². The molecule has 1 aliphatic carbocycles. The van der Waals surface area contributed by atoms with Crippen LogP contribution in [0.1, 0.15) is 57.6 Å². The minimum absolute atomic E-state index is 0.331. The lowest BCUT2D eigenvalue weighted by Crippen LogP contribution is -2.34. The first-order chi connectivity index (χ1) is 9.10. The van der Waals surface area contributed by atoms with Crippen LogP contribution >= 0.6 is 23.2 Å². The van der Waals surface area contributed by atoms with Crippen molar-refractivity contribution in [1.29, 1.82) is 0 Å². The van der Waals surface area contributed by atoms with Gasteiger partial charge in [-0.3, -0.25) is 0 Å². The maximum absolute atomic E-state index is 6.08. The fraction of sp³-hybridized carbons (Fsp3) is 0.625. The summed E-state index contributed by atoms with van der Waals surface area (Å²) in [5.41, 5.74) is 1.21. The second-order valence-electron chi connectivity index (χ2n) is 5.69. The molecule has 19 heavy (non-hydrogen) atoms. The van der Waals surface area contributed by atoms with E-state index in [9.17, 15) is 0 Å². The van der Waals surface area contributed by atoms with Gasteiger partial charge in [-0.15, -0.1) is 0 Å². The topological polar surface area (TPSA) is 12.0 Å². The summed E-state index contributed by atoms with van der Waals surface area (Å²) in [6.45, 7) is 4.50. The van der Waals surface area contributed by atoms with Gasteiger partial charge in [-0.1, -0.05) is 42.6 Å². The number of halogens is 2. The first kappa shape index (κ1) is 15.2. The van der Waals surface area contributed by atoms with Gasteiger partial charge in [0.1, 0.15) is 0 Å². The Morgan fingerprint density at radius 1 is 1.16 bits per heavy atom. The van der Waals surface area contributed by atoms with Gasteiger partial charge in [0.05, 0.1) is 10.0 Å². The van der Waals surface area contributed by atoms with Crippen LogP contribution in [0, 0.1) is 5.92 Å². The lowest BCUT2D eigenvalue weighted by Gasteiger charge is -2.31. The van der Waals surface area contributed by atoms with E-state index < -0.39 is 0 Å². The SMILES string of the molecule is CCC1CCC(NC(C)c2ccc(Cl)c(Cl)c2)CC1. The first-order valence-corrected chi connectivity index (χ1v) is 8.06. The van der Waals surface area contributed by atoms with Crippen LogP contribution in [0.4, 0.5) is 0 Å². The van der Waals surface area contributed by atoms with Gasteiger partial charge in [-0.05, 0) is 56.2 Å². The smallest absolute Gasteiger partial charge is 0.0595 e. The van der Waals surface area contributed by atoms with E-state index in [-0.39, 0.29) is 0 Å². The highest BCUT2D eigenvalue weighted by molar-refractivity contribution is 6.42. The maximum Gasteiger partial charge on any atom is 0.0595 e. The Hall–Kier alpha value is -0.240. The lowest BCUT2D eigenvalue weighted by atomic mass is 9.84. The third-order valence-electron chi connectivity index (χ3n) is 4.35. The minimum Gasteiger partial charge on any atom is -0.307 e. The number of benzene rings is 1. The Kier molecular flexibility index (Phi) is 5.56. The first-order valence-electron chi connectivity index (χ1n) is 7.31. The van der Waals surface area contributed by atoms with Gasteiger partial charge in [0.25, 0.3) is 0 Å². The van der Waals surface area contributed by atoms with Crippen molar-refractivity contribution in [2.45, 2.75) is 58.0 Å². The minimum atomic E-state index is 0.331. The Balaban J connectivity index is 1.90. The highest BCUT2D eigenvalue weighted by atomic mass is 35.5. The third-order valence-corrected chi connectivity index (χ3v) is 5.09. The average molecular weight is 300 g/mol. The second-order valence-corrected chi connectivity index (χ2v) is 6.50. The molecule has 1 aromatic carbocycles. The van der Waals surface area contributed by atoms with E-state index in [1.807, 2.05) is 12.1 Å². The summed E-state index contributed by atoms with van der Waals surface area (Å²) in [5, 5.41) is 4.99. The van der Waals surface area contributed by atoms with E-state index in [1.54, 1.807) is 0 Å². The van der Waals surface area contributed by atoms with Gasteiger partial charge in [0.2, 0.25) is 0 Å². The van der Waals surface area contributed by atoms with E-state index in [1.165, 1.54) is 37.7 Å². The summed E-state index contributed by atoms with van der Waals surface area (Å²) < 4.78 is 0. The molecule has 106 valence electrons. The summed E-state index contributed by atoms with van der Waals surface area (Å²) in [5.74, 6) is 0.943. The van der Waals surface area contributed by atoms with Crippen molar-refractivity contribution in [3.05, 3.63) is 33.8 Å². The lowest BCUT2D eigenvalue weighted by molar-refractivity contribution is 0.273. The fourth-order valence-corrected chi connectivity index (χ4v) is 3.28. The van der Waals surface area contributed by atoms with Crippen molar-refractivity contribution >= 4 is 23.2 Å². The molecule has 1 N–H and O–H groups in total. The molecule has 0 bridgehead atoms. The van der Waals surface area contributed by atoms with Crippen LogP contribution in [0.15, 0.2) is 18.2 Å². The number of hydrogen-bond acceptors (Lipinski definition) is 1. The zero-order chi connectivity index (χ0) is 13.8. The van der Waals surface area contributed by atoms with Crippen LogP contribution in [0.3, 0.4) is 0 Å². The molecule has 1 nitrogen and oxygen atoms in total. The van der Waals surface area contributed by atoms with Crippen molar-refractivity contribution < 1.29 is 0 Å². The van der Waals surface area contributed by atoms with Crippen molar-refractivity contribution in [1.82, 2.24) is 5.32 Å². The van der Waals surface area contributed by atoms with Gasteiger partial charge in [0, 0.05) is 12.1 Å². The van der Waals surface area contributed by atoms with Crippen molar-refractivity contribution in [2.75, 3.05) is 0 Å². The van der Waals surface area contributed by atoms with Crippen LogP contribution in [-0.2, 0) is 0 Å². The molecule has 0 amide bonds. The molecular weight excluding hydrogens is 277 g/mol. The van der Waals surface area contributed by atoms with Crippen LogP contribution in [-0.4, -0.2) is 6.04 Å². The summed E-state index contributed by atoms with van der Waals surface area (Å²) in [6, 6.07) is 6.89. The van der Waals surface area contributed by atoms with E-state index in [0.29, 0.717) is 22.1 Å². The Morgan fingerprint density at radius 2 is 1.84 bits per heavy atom. The molecule has 1 saturated carbocycles. The van der Waals surface area contributed by atoms with Gasteiger partial charge < -0.3 is 5.32 Å². The molecule has 1 aromatic rings. The van der Waals surface area contributed by atoms with Crippen molar-refractivity contribution in [2.24, 2.45) is 5.92 Å². The normalized spacial score (nSPS) is 25.3. The largest absolute Gasteiger partial charge is 0.307 e. The van der Waals surface area contributed by atoms with Crippen LogP contribution in [0.25, 0.3) is 0 Å².